The molecule has 15 heteroatoms. The molecule has 1 fully saturated rings. The minimum absolute atomic E-state index is 0.110. The molecule has 0 saturated carbocycles. The van der Waals surface area contributed by atoms with Gasteiger partial charge in [0.05, 0.1) is 32.4 Å². The van der Waals surface area contributed by atoms with E-state index in [4.69, 9.17) is 15.2 Å². The average molecular weight is 675 g/mol. The van der Waals surface area contributed by atoms with Gasteiger partial charge in [0.1, 0.15) is 18.1 Å². The average Bonchev–Trinajstić information content (AvgIpc) is 3.54. The number of hydrogen-bond donors (Lipinski definition) is 5. The van der Waals surface area contributed by atoms with Crippen LogP contribution in [0.5, 0.6) is 0 Å². The number of hydrogen-bond acceptors (Lipinski definition) is 9. The lowest BCUT2D eigenvalue weighted by Crippen LogP contribution is -2.57. The fourth-order valence-corrected chi connectivity index (χ4v) is 4.95. The summed E-state index contributed by atoms with van der Waals surface area (Å²) in [4.78, 5) is 90.6. The van der Waals surface area contributed by atoms with Gasteiger partial charge in [-0.25, -0.2) is 4.79 Å². The van der Waals surface area contributed by atoms with E-state index in [-0.39, 0.29) is 44.6 Å². The molecule has 2 rings (SSSR count). The molecule has 1 aromatic rings. The summed E-state index contributed by atoms with van der Waals surface area (Å²) >= 11 is 0. The Bertz CT molecular complexity index is 1270. The van der Waals surface area contributed by atoms with E-state index in [9.17, 15) is 33.6 Å². The summed E-state index contributed by atoms with van der Waals surface area (Å²) in [5.41, 5.74) is 6.23. The fraction of sp³-hybridized carbons (Fsp3) is 0.606. The zero-order chi connectivity index (χ0) is 35.8. The molecular weight excluding hydrogens is 624 g/mol. The van der Waals surface area contributed by atoms with Gasteiger partial charge in [-0.3, -0.25) is 28.8 Å². The Hall–Kier alpha value is -4.53. The zero-order valence-corrected chi connectivity index (χ0v) is 28.4. The number of nitrogens with one attached hydrogen (secondary N) is 4. The lowest BCUT2D eigenvalue weighted by atomic mass is 10.0. The number of amides is 6. The highest BCUT2D eigenvalue weighted by Gasteiger charge is 2.40. The molecule has 1 aromatic carbocycles. The number of ketones is 1. The van der Waals surface area contributed by atoms with Gasteiger partial charge in [-0.15, -0.1) is 0 Å². The van der Waals surface area contributed by atoms with Crippen molar-refractivity contribution >= 4 is 41.4 Å². The first-order valence-corrected chi connectivity index (χ1v) is 16.3. The first-order valence-electron chi connectivity index (χ1n) is 16.3. The van der Waals surface area contributed by atoms with E-state index in [1.807, 2.05) is 44.2 Å². The Morgan fingerprint density at radius 2 is 1.62 bits per heavy atom. The zero-order valence-electron chi connectivity index (χ0n) is 28.4. The molecule has 0 spiro atoms. The normalized spacial score (nSPS) is 16.1. The molecule has 48 heavy (non-hydrogen) atoms. The van der Waals surface area contributed by atoms with Crippen LogP contribution in [0.15, 0.2) is 30.3 Å². The highest BCUT2D eigenvalue weighted by atomic mass is 16.5. The van der Waals surface area contributed by atoms with Crippen molar-refractivity contribution in [2.24, 2.45) is 17.6 Å². The van der Waals surface area contributed by atoms with Crippen LogP contribution in [0.1, 0.15) is 65.9 Å². The standard InChI is InChI=1S/C33H50N6O9/c1-6-11-23(28(41)31(44)35-16-26(40)36-24(29(34)42)19-47-18-22-12-8-7-9-13-22)37-30(43)25-14-10-15-39(25)32(45)27(21(4)5)38-33(46)48-17-20(2)3/h7-9,12-13,20-21,23-25,27H,6,10-11,14-19H2,1-5H3,(H2,34,42)(H,35,44)(H,36,40)(H,37,43)(H,38,46)/t23?,24-,25-,27-/m0/s1. The van der Waals surface area contributed by atoms with E-state index in [0.29, 0.717) is 19.3 Å². The van der Waals surface area contributed by atoms with E-state index in [1.165, 1.54) is 4.90 Å². The molecule has 1 saturated heterocycles. The summed E-state index contributed by atoms with van der Waals surface area (Å²) < 4.78 is 10.6. The number of rotatable bonds is 19. The van der Waals surface area contributed by atoms with Crippen molar-refractivity contribution < 1.29 is 43.0 Å². The summed E-state index contributed by atoms with van der Waals surface area (Å²) in [6.45, 7) is 8.87. The Kier molecular flexibility index (Phi) is 16.5. The van der Waals surface area contributed by atoms with Crippen LogP contribution in [0.4, 0.5) is 4.79 Å². The number of ether oxygens (including phenoxy) is 2. The largest absolute Gasteiger partial charge is 0.449 e. The molecule has 4 atom stereocenters. The topological polar surface area (TPSA) is 215 Å². The smallest absolute Gasteiger partial charge is 0.407 e. The van der Waals surface area contributed by atoms with Crippen LogP contribution in [0.3, 0.4) is 0 Å². The second-order valence-electron chi connectivity index (χ2n) is 12.5. The molecule has 6 amide bonds. The van der Waals surface area contributed by atoms with E-state index in [1.54, 1.807) is 20.8 Å². The minimum atomic E-state index is -1.21. The van der Waals surface area contributed by atoms with Crippen molar-refractivity contribution in [2.75, 3.05) is 26.3 Å². The van der Waals surface area contributed by atoms with Crippen LogP contribution < -0.4 is 27.0 Å². The van der Waals surface area contributed by atoms with Crippen molar-refractivity contribution in [3.63, 3.8) is 0 Å². The SMILES string of the molecule is CCCC(NC(=O)[C@@H]1CCCN1C(=O)[C@@H](NC(=O)OCC(C)C)C(C)C)C(=O)C(=O)NCC(=O)N[C@@H](COCc1ccccc1)C(N)=O. The van der Waals surface area contributed by atoms with Gasteiger partial charge in [-0.05, 0) is 36.7 Å². The Balaban J connectivity index is 1.95. The maximum atomic E-state index is 13.5. The van der Waals surface area contributed by atoms with Crippen molar-refractivity contribution in [1.29, 1.82) is 0 Å². The molecule has 0 radical (unpaired) electrons. The summed E-state index contributed by atoms with van der Waals surface area (Å²) in [5, 5.41) is 9.80. The van der Waals surface area contributed by atoms with Gasteiger partial charge >= 0.3 is 6.09 Å². The molecule has 266 valence electrons. The van der Waals surface area contributed by atoms with Gasteiger partial charge in [0.15, 0.2) is 0 Å². The van der Waals surface area contributed by atoms with Crippen LogP contribution in [-0.2, 0) is 44.8 Å². The summed E-state index contributed by atoms with van der Waals surface area (Å²) in [5.74, 6) is -4.95. The van der Waals surface area contributed by atoms with E-state index < -0.39 is 72.1 Å². The molecule has 0 aromatic heterocycles. The quantitative estimate of drug-likeness (QED) is 0.129. The predicted octanol–water partition coefficient (Wildman–Crippen LogP) is 0.541. The third kappa shape index (κ3) is 12.9. The Morgan fingerprint density at radius 1 is 0.938 bits per heavy atom. The molecule has 1 heterocycles. The third-order valence-corrected chi connectivity index (χ3v) is 7.51. The first-order chi connectivity index (χ1) is 22.7. The molecule has 15 nitrogen and oxygen atoms in total. The predicted molar refractivity (Wildman–Crippen MR) is 175 cm³/mol. The van der Waals surface area contributed by atoms with E-state index >= 15 is 0 Å². The summed E-state index contributed by atoms with van der Waals surface area (Å²) in [7, 11) is 0. The maximum absolute atomic E-state index is 13.5. The second-order valence-corrected chi connectivity index (χ2v) is 12.5. The fourth-order valence-electron chi connectivity index (χ4n) is 4.95. The van der Waals surface area contributed by atoms with Crippen molar-refractivity contribution in [1.82, 2.24) is 26.2 Å². The van der Waals surface area contributed by atoms with Gasteiger partial charge in [-0.1, -0.05) is 71.4 Å². The Labute approximate surface area is 281 Å². The number of Topliss-reactive ketones (excluding diaryl/α,β-unsaturated/α-hetero) is 1. The van der Waals surface area contributed by atoms with Crippen molar-refractivity contribution in [3.05, 3.63) is 35.9 Å². The van der Waals surface area contributed by atoms with E-state index in [2.05, 4.69) is 21.3 Å². The number of carbonyl (C=O) groups excluding carboxylic acids is 7. The van der Waals surface area contributed by atoms with Crippen molar-refractivity contribution in [3.8, 4) is 0 Å². The maximum Gasteiger partial charge on any atom is 0.407 e. The molecule has 6 N–H and O–H groups in total. The molecular formula is C33H50N6O9. The monoisotopic (exact) mass is 674 g/mol. The van der Waals surface area contributed by atoms with Crippen LogP contribution in [0, 0.1) is 11.8 Å². The highest BCUT2D eigenvalue weighted by molar-refractivity contribution is 6.38. The van der Waals surface area contributed by atoms with Gasteiger partial charge in [-0.2, -0.15) is 0 Å². The molecule has 0 aliphatic carbocycles. The number of likely N-dealkylation sites (tertiary alicyclic amines) is 1. The van der Waals surface area contributed by atoms with Crippen molar-refractivity contribution in [2.45, 2.75) is 91.1 Å². The second kappa shape index (κ2) is 20.0. The van der Waals surface area contributed by atoms with Gasteiger partial charge in [0.2, 0.25) is 29.4 Å². The summed E-state index contributed by atoms with van der Waals surface area (Å²) in [6.07, 6.45) is 0.698. The van der Waals surface area contributed by atoms with Gasteiger partial charge in [0, 0.05) is 6.54 Å². The lowest BCUT2D eigenvalue weighted by molar-refractivity contribution is -0.143. The van der Waals surface area contributed by atoms with Gasteiger partial charge < -0.3 is 41.4 Å². The number of primary amides is 1. The lowest BCUT2D eigenvalue weighted by Gasteiger charge is -2.31. The first kappa shape index (κ1) is 39.6. The van der Waals surface area contributed by atoms with Crippen LogP contribution in [-0.4, -0.2) is 96.8 Å². The number of nitrogens with zero attached hydrogens (tertiary/aromatic N) is 1. The number of alkyl carbamates (subject to hydrolysis) is 1. The highest BCUT2D eigenvalue weighted by Crippen LogP contribution is 2.21. The number of carbonyl (C=O) groups is 7. The molecule has 1 aliphatic rings. The van der Waals surface area contributed by atoms with Crippen LogP contribution in [0.25, 0.3) is 0 Å². The van der Waals surface area contributed by atoms with Crippen LogP contribution >= 0.6 is 0 Å². The number of nitrogens with two attached hydrogens (primary N) is 1. The van der Waals surface area contributed by atoms with E-state index in [0.717, 1.165) is 5.56 Å². The Morgan fingerprint density at radius 3 is 2.23 bits per heavy atom. The minimum Gasteiger partial charge on any atom is -0.449 e. The molecule has 0 bridgehead atoms. The van der Waals surface area contributed by atoms with Crippen LogP contribution in [0.2, 0.25) is 0 Å². The third-order valence-electron chi connectivity index (χ3n) is 7.51. The summed E-state index contributed by atoms with van der Waals surface area (Å²) in [6, 6.07) is 4.93. The molecule has 1 unspecified atom stereocenters. The number of benzene rings is 1. The molecule has 1 aliphatic heterocycles. The van der Waals surface area contributed by atoms with Gasteiger partial charge in [0.25, 0.3) is 5.91 Å².